The molecule has 4 rings (SSSR count). The lowest BCUT2D eigenvalue weighted by Gasteiger charge is -2.58. The first-order chi connectivity index (χ1) is 7.72. The second kappa shape index (κ2) is 3.77. The van der Waals surface area contributed by atoms with E-state index in [0.717, 1.165) is 24.2 Å². The zero-order valence-corrected chi connectivity index (χ0v) is 10.3. The van der Waals surface area contributed by atoms with Crippen molar-refractivity contribution in [2.24, 2.45) is 28.9 Å². The van der Waals surface area contributed by atoms with Crippen molar-refractivity contribution in [1.29, 1.82) is 0 Å². The Bertz CT molecular complexity index is 298. The van der Waals surface area contributed by atoms with E-state index in [1.54, 1.807) is 0 Å². The monoisotopic (exact) mass is 217 g/mol. The van der Waals surface area contributed by atoms with Crippen LogP contribution in [-0.4, -0.2) is 6.04 Å². The third-order valence-corrected chi connectivity index (χ3v) is 5.37. The highest BCUT2D eigenvalue weighted by Crippen LogP contribution is 2.61. The molecule has 0 heterocycles. The minimum atomic E-state index is 0.341. The van der Waals surface area contributed by atoms with Gasteiger partial charge in [-0.25, -0.2) is 0 Å². The number of nitrogens with two attached hydrogens (primary N) is 1. The van der Waals surface area contributed by atoms with Crippen LogP contribution in [0.3, 0.4) is 0 Å². The molecule has 0 aliphatic heterocycles. The van der Waals surface area contributed by atoms with E-state index < -0.39 is 0 Å². The van der Waals surface area contributed by atoms with Crippen LogP contribution in [0, 0.1) is 35.0 Å². The van der Waals surface area contributed by atoms with Gasteiger partial charge in [0.15, 0.2) is 0 Å². The molecule has 0 radical (unpaired) electrons. The minimum absolute atomic E-state index is 0.341. The Morgan fingerprint density at radius 1 is 1.12 bits per heavy atom. The van der Waals surface area contributed by atoms with Crippen molar-refractivity contribution in [1.82, 2.24) is 0 Å². The van der Waals surface area contributed by atoms with Crippen molar-refractivity contribution >= 4 is 0 Å². The summed E-state index contributed by atoms with van der Waals surface area (Å²) in [6.45, 7) is 1.92. The molecule has 88 valence electrons. The highest BCUT2D eigenvalue weighted by atomic mass is 14.7. The van der Waals surface area contributed by atoms with Crippen LogP contribution in [0.1, 0.15) is 51.9 Å². The Kier molecular flexibility index (Phi) is 2.51. The van der Waals surface area contributed by atoms with Gasteiger partial charge in [0.05, 0.1) is 0 Å². The van der Waals surface area contributed by atoms with Crippen LogP contribution in [0.5, 0.6) is 0 Å². The first-order valence-corrected chi connectivity index (χ1v) is 6.87. The molecule has 4 aliphatic rings. The molecule has 2 N–H and O–H groups in total. The zero-order chi connectivity index (χ0) is 11.2. The summed E-state index contributed by atoms with van der Waals surface area (Å²) in [5, 5.41) is 0. The molecule has 1 heteroatoms. The van der Waals surface area contributed by atoms with Crippen molar-refractivity contribution in [3.63, 3.8) is 0 Å². The van der Waals surface area contributed by atoms with Gasteiger partial charge in [0.2, 0.25) is 0 Å². The maximum Gasteiger partial charge on any atom is 0.0246 e. The smallest absolute Gasteiger partial charge is 0.0246 e. The Labute approximate surface area is 99.2 Å². The summed E-state index contributed by atoms with van der Waals surface area (Å²) in [7, 11) is 0. The van der Waals surface area contributed by atoms with Crippen LogP contribution in [-0.2, 0) is 0 Å². The highest BCUT2D eigenvalue weighted by Gasteiger charge is 2.52. The molecule has 1 atom stereocenters. The van der Waals surface area contributed by atoms with E-state index in [0.29, 0.717) is 11.5 Å². The fourth-order valence-corrected chi connectivity index (χ4v) is 5.06. The molecule has 0 aromatic heterocycles. The van der Waals surface area contributed by atoms with E-state index in [1.807, 2.05) is 6.92 Å². The summed E-state index contributed by atoms with van der Waals surface area (Å²) < 4.78 is 0. The molecule has 16 heavy (non-hydrogen) atoms. The summed E-state index contributed by atoms with van der Waals surface area (Å²) in [6.07, 6.45) is 9.66. The van der Waals surface area contributed by atoms with Crippen LogP contribution in [0.4, 0.5) is 0 Å². The first-order valence-electron chi connectivity index (χ1n) is 6.87. The van der Waals surface area contributed by atoms with Crippen molar-refractivity contribution in [2.45, 2.75) is 57.9 Å². The molecule has 0 aromatic carbocycles. The van der Waals surface area contributed by atoms with E-state index in [2.05, 4.69) is 11.8 Å². The molecule has 4 aliphatic carbocycles. The van der Waals surface area contributed by atoms with Gasteiger partial charge in [-0.2, -0.15) is 0 Å². The average molecular weight is 217 g/mol. The molecule has 4 saturated carbocycles. The maximum absolute atomic E-state index is 6.46. The van der Waals surface area contributed by atoms with Crippen LogP contribution >= 0.6 is 0 Å². The lowest BCUT2D eigenvalue weighted by atomic mass is 9.47. The zero-order valence-electron chi connectivity index (χ0n) is 10.3. The van der Waals surface area contributed by atoms with E-state index in [-0.39, 0.29) is 0 Å². The van der Waals surface area contributed by atoms with Gasteiger partial charge in [-0.1, -0.05) is 0 Å². The lowest BCUT2D eigenvalue weighted by molar-refractivity contribution is -0.0660. The van der Waals surface area contributed by atoms with Crippen LogP contribution in [0.25, 0.3) is 0 Å². The largest absolute Gasteiger partial charge is 0.326 e. The summed E-state index contributed by atoms with van der Waals surface area (Å²) in [5.74, 6) is 9.22. The molecule has 1 nitrogen and oxygen atoms in total. The fourth-order valence-electron chi connectivity index (χ4n) is 5.06. The Morgan fingerprint density at radius 3 is 2.06 bits per heavy atom. The van der Waals surface area contributed by atoms with Gasteiger partial charge in [0.25, 0.3) is 0 Å². The SMILES string of the molecule is CC#CCC(N)C12CC3CC(CC(C3)C1)C2. The average Bonchev–Trinajstić information content (AvgIpc) is 2.24. The third-order valence-electron chi connectivity index (χ3n) is 5.37. The van der Waals surface area contributed by atoms with Gasteiger partial charge >= 0.3 is 0 Å². The number of rotatable bonds is 2. The lowest BCUT2D eigenvalue weighted by Crippen LogP contribution is -2.54. The molecule has 0 aromatic rings. The Morgan fingerprint density at radius 2 is 1.62 bits per heavy atom. The molecule has 0 amide bonds. The number of hydrogen-bond acceptors (Lipinski definition) is 1. The Balaban J connectivity index is 1.79. The van der Waals surface area contributed by atoms with Gasteiger partial charge in [0.1, 0.15) is 0 Å². The van der Waals surface area contributed by atoms with E-state index in [4.69, 9.17) is 5.73 Å². The molecular formula is C15H23N. The van der Waals surface area contributed by atoms with Crippen molar-refractivity contribution in [2.75, 3.05) is 0 Å². The summed E-state index contributed by atoms with van der Waals surface area (Å²) in [4.78, 5) is 0. The Hall–Kier alpha value is -0.480. The highest BCUT2D eigenvalue weighted by molar-refractivity contribution is 5.09. The second-order valence-electron chi connectivity index (χ2n) is 6.52. The van der Waals surface area contributed by atoms with Gasteiger partial charge in [0, 0.05) is 12.5 Å². The third kappa shape index (κ3) is 1.59. The van der Waals surface area contributed by atoms with E-state index >= 15 is 0 Å². The second-order valence-corrected chi connectivity index (χ2v) is 6.52. The minimum Gasteiger partial charge on any atom is -0.326 e. The van der Waals surface area contributed by atoms with Gasteiger partial charge in [-0.05, 0) is 68.6 Å². The van der Waals surface area contributed by atoms with E-state index in [9.17, 15) is 0 Å². The molecule has 1 unspecified atom stereocenters. The summed E-state index contributed by atoms with van der Waals surface area (Å²) in [5.41, 5.74) is 6.94. The maximum atomic E-state index is 6.46. The quantitative estimate of drug-likeness (QED) is 0.707. The standard InChI is InChI=1S/C15H23N/c1-2-3-4-14(16)15-8-11-5-12(9-15)7-13(6-11)10-15/h11-14H,4-10,16H2,1H3. The van der Waals surface area contributed by atoms with E-state index in [1.165, 1.54) is 38.5 Å². The molecular weight excluding hydrogens is 194 g/mol. The van der Waals surface area contributed by atoms with Crippen molar-refractivity contribution in [3.05, 3.63) is 0 Å². The van der Waals surface area contributed by atoms with Gasteiger partial charge in [-0.3, -0.25) is 0 Å². The fraction of sp³-hybridized carbons (Fsp3) is 0.867. The first kappa shape index (κ1) is 10.7. The topological polar surface area (TPSA) is 26.0 Å². The molecule has 0 saturated heterocycles. The summed E-state index contributed by atoms with van der Waals surface area (Å²) >= 11 is 0. The van der Waals surface area contributed by atoms with Crippen molar-refractivity contribution in [3.8, 4) is 11.8 Å². The normalized spacial score (nSPS) is 46.2. The van der Waals surface area contributed by atoms with Crippen LogP contribution in [0.2, 0.25) is 0 Å². The summed E-state index contributed by atoms with van der Waals surface area (Å²) in [6, 6.07) is 0.341. The number of hydrogen-bond donors (Lipinski definition) is 1. The molecule has 4 fully saturated rings. The molecule has 4 bridgehead atoms. The van der Waals surface area contributed by atoms with Crippen LogP contribution in [0.15, 0.2) is 0 Å². The predicted molar refractivity (Wildman–Crippen MR) is 66.6 cm³/mol. The van der Waals surface area contributed by atoms with Crippen LogP contribution < -0.4 is 5.73 Å². The van der Waals surface area contributed by atoms with Gasteiger partial charge < -0.3 is 5.73 Å². The van der Waals surface area contributed by atoms with Crippen molar-refractivity contribution < 1.29 is 0 Å². The van der Waals surface area contributed by atoms with Gasteiger partial charge in [-0.15, -0.1) is 11.8 Å². The predicted octanol–water partition coefficient (Wildman–Crippen LogP) is 2.94. The molecule has 0 spiro atoms.